The van der Waals surface area contributed by atoms with E-state index in [9.17, 15) is 4.79 Å². The maximum atomic E-state index is 14.2. The van der Waals surface area contributed by atoms with Crippen LogP contribution in [0.3, 0.4) is 0 Å². The zero-order valence-electron chi connectivity index (χ0n) is 20.1. The Hall–Kier alpha value is -5.30. The molecule has 3 N–H and O–H groups in total. The number of ether oxygens (including phenoxy) is 1. The van der Waals surface area contributed by atoms with E-state index < -0.39 is 6.04 Å². The summed E-state index contributed by atoms with van der Waals surface area (Å²) in [5.41, 5.74) is 8.31. The molecule has 0 amide bonds. The Balaban J connectivity index is 1.74. The minimum atomic E-state index is -0.424. The number of nitrogens with two attached hydrogens (primary N) is 1. The molecular weight excluding hydrogens is 468 g/mol. The van der Waals surface area contributed by atoms with Gasteiger partial charge in [0, 0.05) is 23.1 Å². The van der Waals surface area contributed by atoms with Gasteiger partial charge in [0.2, 0.25) is 17.5 Å². The fraction of sp³-hybridized carbons (Fsp3) is 0.111. The summed E-state index contributed by atoms with van der Waals surface area (Å²) >= 11 is 0. The van der Waals surface area contributed by atoms with Gasteiger partial charge in [-0.15, -0.1) is 0 Å². The lowest BCUT2D eigenvalue weighted by Gasteiger charge is -2.22. The number of anilines is 2. The molecule has 3 heterocycles. The molecule has 5 aromatic rings. The van der Waals surface area contributed by atoms with Gasteiger partial charge in [-0.2, -0.15) is 0 Å². The number of pyridine rings is 1. The molecule has 0 unspecified atom stereocenters. The third-order valence-corrected chi connectivity index (χ3v) is 5.89. The van der Waals surface area contributed by atoms with Crippen LogP contribution in [0.15, 0.2) is 78.0 Å². The zero-order valence-corrected chi connectivity index (χ0v) is 20.1. The van der Waals surface area contributed by atoms with Crippen molar-refractivity contribution in [3.8, 4) is 22.8 Å². The van der Waals surface area contributed by atoms with Crippen molar-refractivity contribution in [3.05, 3.63) is 101 Å². The van der Waals surface area contributed by atoms with Gasteiger partial charge in [-0.25, -0.2) is 19.8 Å². The second kappa shape index (κ2) is 9.75. The molecule has 182 valence electrons. The molecule has 0 bridgehead atoms. The summed E-state index contributed by atoms with van der Waals surface area (Å²) in [5.74, 6) is 0.694. The summed E-state index contributed by atoms with van der Waals surface area (Å²) in [6.07, 6.45) is 4.49. The van der Waals surface area contributed by atoms with Crippen LogP contribution in [-0.2, 0) is 0 Å². The van der Waals surface area contributed by atoms with Crippen LogP contribution in [0.1, 0.15) is 18.7 Å². The van der Waals surface area contributed by atoms with E-state index in [1.165, 1.54) is 19.5 Å². The fourth-order valence-corrected chi connectivity index (χ4v) is 4.19. The van der Waals surface area contributed by atoms with E-state index in [0.29, 0.717) is 39.7 Å². The van der Waals surface area contributed by atoms with E-state index in [1.807, 2.05) is 61.5 Å². The lowest BCUT2D eigenvalue weighted by atomic mass is 10.0. The maximum Gasteiger partial charge on any atom is 0.263 e. The minimum Gasteiger partial charge on any atom is -0.480 e. The van der Waals surface area contributed by atoms with E-state index in [-0.39, 0.29) is 17.2 Å². The van der Waals surface area contributed by atoms with Gasteiger partial charge in [0.05, 0.1) is 43.2 Å². The highest BCUT2D eigenvalue weighted by Gasteiger charge is 2.20. The molecule has 3 aromatic heterocycles. The molecule has 0 fully saturated rings. The van der Waals surface area contributed by atoms with Crippen molar-refractivity contribution < 1.29 is 4.74 Å². The topological polar surface area (TPSA) is 125 Å². The molecule has 10 nitrogen and oxygen atoms in total. The molecule has 37 heavy (non-hydrogen) atoms. The summed E-state index contributed by atoms with van der Waals surface area (Å²) in [5, 5.41) is 4.47. The summed E-state index contributed by atoms with van der Waals surface area (Å²) in [4.78, 5) is 34.5. The van der Waals surface area contributed by atoms with E-state index in [0.717, 1.165) is 5.39 Å². The molecule has 0 aliphatic carbocycles. The van der Waals surface area contributed by atoms with Gasteiger partial charge in [-0.05, 0) is 30.5 Å². The quantitative estimate of drug-likeness (QED) is 0.332. The van der Waals surface area contributed by atoms with Crippen molar-refractivity contribution in [1.29, 1.82) is 0 Å². The maximum absolute atomic E-state index is 14.2. The number of benzene rings is 2. The van der Waals surface area contributed by atoms with Crippen molar-refractivity contribution in [1.82, 2.24) is 24.5 Å². The molecular formula is C27H22N8O2. The smallest absolute Gasteiger partial charge is 0.263 e. The molecule has 1 atom stereocenters. The van der Waals surface area contributed by atoms with E-state index in [2.05, 4.69) is 30.1 Å². The molecule has 10 heteroatoms. The lowest BCUT2D eigenvalue weighted by molar-refractivity contribution is 0.396. The molecule has 0 spiro atoms. The van der Waals surface area contributed by atoms with Crippen LogP contribution in [0.4, 0.5) is 17.5 Å². The Morgan fingerprint density at radius 1 is 1.08 bits per heavy atom. The normalized spacial score (nSPS) is 11.6. The predicted octanol–water partition coefficient (Wildman–Crippen LogP) is 4.55. The van der Waals surface area contributed by atoms with Crippen LogP contribution in [0.2, 0.25) is 0 Å². The summed E-state index contributed by atoms with van der Waals surface area (Å²) < 4.78 is 6.89. The minimum absolute atomic E-state index is 0.0464. The van der Waals surface area contributed by atoms with Crippen LogP contribution in [0, 0.1) is 6.57 Å². The summed E-state index contributed by atoms with van der Waals surface area (Å²) in [7, 11) is 1.52. The standard InChI is InChI=1S/C27H22N8O2/c1-16(32-25-21(29-2)14-31-27(28)34-25)22-12-17-8-7-11-19(20-13-30-15-23(33-20)37-3)24(17)26(36)35(22)18-9-5-4-6-10-18/h4-16H,1,3H3,(H3,28,31,32,34)/t16-/m0/s1. The number of fused-ring (bicyclic) bond motifs is 1. The first kappa shape index (κ1) is 23.4. The van der Waals surface area contributed by atoms with Crippen LogP contribution in [-0.4, -0.2) is 31.6 Å². The van der Waals surface area contributed by atoms with Gasteiger partial charge in [-0.1, -0.05) is 36.4 Å². The number of hydrogen-bond donors (Lipinski definition) is 2. The average molecular weight is 491 g/mol. The summed E-state index contributed by atoms with van der Waals surface area (Å²) in [6, 6.07) is 16.5. The Morgan fingerprint density at radius 2 is 1.89 bits per heavy atom. The van der Waals surface area contributed by atoms with Gasteiger partial charge in [0.15, 0.2) is 0 Å². The molecule has 0 saturated heterocycles. The Bertz CT molecular complexity index is 1710. The number of hydrogen-bond acceptors (Lipinski definition) is 8. The highest BCUT2D eigenvalue weighted by molar-refractivity contribution is 5.95. The largest absolute Gasteiger partial charge is 0.480 e. The lowest BCUT2D eigenvalue weighted by Crippen LogP contribution is -2.26. The first-order valence-electron chi connectivity index (χ1n) is 11.4. The number of nitrogen functional groups attached to an aromatic ring is 1. The second-order valence-corrected chi connectivity index (χ2v) is 8.20. The molecule has 5 rings (SSSR count). The fourth-order valence-electron chi connectivity index (χ4n) is 4.19. The highest BCUT2D eigenvalue weighted by atomic mass is 16.5. The van der Waals surface area contributed by atoms with Crippen LogP contribution in [0.25, 0.3) is 32.6 Å². The SMILES string of the molecule is [C-]#[N+]c1cnc(N)nc1N[C@@H](C)c1cc2cccc(-c3cncc(OC)n3)c2c(=O)n1-c1ccccc1. The molecule has 0 radical (unpaired) electrons. The third kappa shape index (κ3) is 4.41. The van der Waals surface area contributed by atoms with Crippen molar-refractivity contribution in [3.63, 3.8) is 0 Å². The van der Waals surface area contributed by atoms with Gasteiger partial charge in [-0.3, -0.25) is 14.3 Å². The van der Waals surface area contributed by atoms with Gasteiger partial charge in [0.25, 0.3) is 5.56 Å². The van der Waals surface area contributed by atoms with Crippen molar-refractivity contribution >= 4 is 28.2 Å². The van der Waals surface area contributed by atoms with Gasteiger partial charge < -0.3 is 15.8 Å². The van der Waals surface area contributed by atoms with Crippen LogP contribution in [0.5, 0.6) is 5.88 Å². The monoisotopic (exact) mass is 490 g/mol. The molecule has 2 aromatic carbocycles. The number of methoxy groups -OCH3 is 1. The predicted molar refractivity (Wildman–Crippen MR) is 142 cm³/mol. The van der Waals surface area contributed by atoms with Crippen LogP contribution >= 0.6 is 0 Å². The van der Waals surface area contributed by atoms with E-state index >= 15 is 0 Å². The first-order valence-corrected chi connectivity index (χ1v) is 11.4. The van der Waals surface area contributed by atoms with Crippen LogP contribution < -0.4 is 21.3 Å². The van der Waals surface area contributed by atoms with Gasteiger partial charge in [0.1, 0.15) is 5.82 Å². The van der Waals surface area contributed by atoms with Crippen molar-refractivity contribution in [2.24, 2.45) is 0 Å². The zero-order chi connectivity index (χ0) is 25.9. The second-order valence-electron chi connectivity index (χ2n) is 8.20. The first-order chi connectivity index (χ1) is 18.0. The Kier molecular flexibility index (Phi) is 6.18. The number of nitrogens with one attached hydrogen (secondary N) is 1. The number of aromatic nitrogens is 5. The Labute approximate surface area is 212 Å². The number of nitrogens with zero attached hydrogens (tertiary/aromatic N) is 6. The van der Waals surface area contributed by atoms with Gasteiger partial charge >= 0.3 is 0 Å². The summed E-state index contributed by atoms with van der Waals surface area (Å²) in [6.45, 7) is 9.34. The van der Waals surface area contributed by atoms with Crippen molar-refractivity contribution in [2.75, 3.05) is 18.2 Å². The molecule has 0 aliphatic rings. The van der Waals surface area contributed by atoms with E-state index in [1.54, 1.807) is 10.8 Å². The highest BCUT2D eigenvalue weighted by Crippen LogP contribution is 2.31. The molecule has 0 saturated carbocycles. The average Bonchev–Trinajstić information content (AvgIpc) is 2.93. The molecule has 0 aliphatic heterocycles. The third-order valence-electron chi connectivity index (χ3n) is 5.89. The Morgan fingerprint density at radius 3 is 2.65 bits per heavy atom. The number of para-hydroxylation sites is 1. The van der Waals surface area contributed by atoms with Crippen molar-refractivity contribution in [2.45, 2.75) is 13.0 Å². The number of rotatable bonds is 6. The van der Waals surface area contributed by atoms with E-state index in [4.69, 9.17) is 17.0 Å².